The summed E-state index contributed by atoms with van der Waals surface area (Å²) in [7, 11) is -3.50. The van der Waals surface area contributed by atoms with Gasteiger partial charge in [0.1, 0.15) is 5.75 Å². The van der Waals surface area contributed by atoms with E-state index in [1.54, 1.807) is 43.3 Å². The van der Waals surface area contributed by atoms with Gasteiger partial charge in [0, 0.05) is 18.2 Å². The molecule has 0 unspecified atom stereocenters. The van der Waals surface area contributed by atoms with E-state index in [-0.39, 0.29) is 29.2 Å². The van der Waals surface area contributed by atoms with E-state index < -0.39 is 16.2 Å². The van der Waals surface area contributed by atoms with Crippen LogP contribution in [0, 0.1) is 0 Å². The standard InChI is InChI=1S/C23H28N2O6S/c1-2-30-23(27)31-20-11-9-18(10-12-20)22(26)24-16-15-17-7-13-21(14-8-17)32(28,29)25-19-5-3-4-6-19/h7-14,19,25H,2-6,15-16H2,1H3,(H,24,26). The Labute approximate surface area is 188 Å². The average Bonchev–Trinajstić information content (AvgIpc) is 3.27. The normalized spacial score (nSPS) is 14.2. The lowest BCUT2D eigenvalue weighted by atomic mass is 10.1. The van der Waals surface area contributed by atoms with Crippen LogP contribution < -0.4 is 14.8 Å². The maximum absolute atomic E-state index is 12.5. The highest BCUT2D eigenvalue weighted by Gasteiger charge is 2.22. The van der Waals surface area contributed by atoms with Gasteiger partial charge in [0.05, 0.1) is 11.5 Å². The Morgan fingerprint density at radius 2 is 1.66 bits per heavy atom. The van der Waals surface area contributed by atoms with Gasteiger partial charge in [-0.2, -0.15) is 0 Å². The Morgan fingerprint density at radius 3 is 2.28 bits per heavy atom. The Bertz CT molecular complexity index is 1010. The first kappa shape index (κ1) is 23.7. The summed E-state index contributed by atoms with van der Waals surface area (Å²) in [6.07, 6.45) is 3.66. The molecule has 9 heteroatoms. The number of rotatable bonds is 9. The molecule has 8 nitrogen and oxygen atoms in total. The SMILES string of the molecule is CCOC(=O)Oc1ccc(C(=O)NCCc2ccc(S(=O)(=O)NC3CCCC3)cc2)cc1. The van der Waals surface area contributed by atoms with Crippen molar-refractivity contribution < 1.29 is 27.5 Å². The van der Waals surface area contributed by atoms with Gasteiger partial charge in [0.25, 0.3) is 5.91 Å². The molecule has 2 N–H and O–H groups in total. The minimum Gasteiger partial charge on any atom is -0.434 e. The second kappa shape index (κ2) is 11.1. The molecule has 0 spiro atoms. The van der Waals surface area contributed by atoms with Crippen LogP contribution in [0.1, 0.15) is 48.5 Å². The number of carbonyl (C=O) groups is 2. The quantitative estimate of drug-likeness (QED) is 0.438. The number of hydrogen-bond donors (Lipinski definition) is 2. The van der Waals surface area contributed by atoms with E-state index in [4.69, 9.17) is 9.47 Å². The van der Waals surface area contributed by atoms with Gasteiger partial charge in [-0.25, -0.2) is 17.9 Å². The maximum Gasteiger partial charge on any atom is 0.513 e. The monoisotopic (exact) mass is 460 g/mol. The molecule has 1 aliphatic rings. The van der Waals surface area contributed by atoms with Gasteiger partial charge in [-0.05, 0) is 68.1 Å². The minimum atomic E-state index is -3.50. The molecule has 3 rings (SSSR count). The number of ether oxygens (including phenoxy) is 2. The Kier molecular flexibility index (Phi) is 8.24. The summed E-state index contributed by atoms with van der Waals surface area (Å²) in [5.74, 6) is 0.0325. The molecule has 2 aromatic carbocycles. The molecule has 2 aromatic rings. The molecule has 1 fully saturated rings. The van der Waals surface area contributed by atoms with Crippen molar-refractivity contribution in [2.24, 2.45) is 0 Å². The molecule has 32 heavy (non-hydrogen) atoms. The van der Waals surface area contributed by atoms with Gasteiger partial charge in [-0.3, -0.25) is 4.79 Å². The minimum absolute atomic E-state index is 0.0284. The van der Waals surface area contributed by atoms with Crippen molar-refractivity contribution in [2.45, 2.75) is 50.0 Å². The van der Waals surface area contributed by atoms with E-state index in [9.17, 15) is 18.0 Å². The van der Waals surface area contributed by atoms with Crippen molar-refractivity contribution in [3.8, 4) is 5.75 Å². The molecule has 0 heterocycles. The van der Waals surface area contributed by atoms with Crippen LogP contribution in [0.4, 0.5) is 4.79 Å². The molecule has 0 bridgehead atoms. The van der Waals surface area contributed by atoms with Crippen molar-refractivity contribution in [3.63, 3.8) is 0 Å². The first-order valence-electron chi connectivity index (χ1n) is 10.7. The van der Waals surface area contributed by atoms with E-state index in [0.717, 1.165) is 31.2 Å². The van der Waals surface area contributed by atoms with Crippen LogP contribution in [-0.4, -0.2) is 39.7 Å². The number of sulfonamides is 1. The second-order valence-corrected chi connectivity index (χ2v) is 9.28. The molecule has 0 aliphatic heterocycles. The highest BCUT2D eigenvalue weighted by molar-refractivity contribution is 7.89. The molecule has 0 atom stereocenters. The van der Waals surface area contributed by atoms with E-state index in [1.807, 2.05) is 0 Å². The third-order valence-electron chi connectivity index (χ3n) is 5.19. The zero-order valence-corrected chi connectivity index (χ0v) is 18.8. The molecule has 1 amide bonds. The lowest BCUT2D eigenvalue weighted by Crippen LogP contribution is -2.32. The van der Waals surface area contributed by atoms with Gasteiger partial charge >= 0.3 is 6.16 Å². The first-order chi connectivity index (χ1) is 15.4. The lowest BCUT2D eigenvalue weighted by molar-refractivity contribution is 0.0954. The topological polar surface area (TPSA) is 111 Å². The van der Waals surface area contributed by atoms with Crippen molar-refractivity contribution in [3.05, 3.63) is 59.7 Å². The summed E-state index contributed by atoms with van der Waals surface area (Å²) in [4.78, 5) is 23.8. The third-order valence-corrected chi connectivity index (χ3v) is 6.73. The van der Waals surface area contributed by atoms with Crippen LogP contribution in [0.15, 0.2) is 53.4 Å². The van der Waals surface area contributed by atoms with Gasteiger partial charge in [0.2, 0.25) is 10.0 Å². The molecule has 1 saturated carbocycles. The van der Waals surface area contributed by atoms with Crippen molar-refractivity contribution in [1.29, 1.82) is 0 Å². The molecule has 0 aromatic heterocycles. The van der Waals surface area contributed by atoms with Crippen LogP contribution in [0.25, 0.3) is 0 Å². The van der Waals surface area contributed by atoms with Gasteiger partial charge < -0.3 is 14.8 Å². The molecule has 0 radical (unpaired) electrons. The fraction of sp³-hybridized carbons (Fsp3) is 0.391. The number of nitrogens with one attached hydrogen (secondary N) is 2. The number of carbonyl (C=O) groups excluding carboxylic acids is 2. The fourth-order valence-electron chi connectivity index (χ4n) is 3.51. The third kappa shape index (κ3) is 6.80. The van der Waals surface area contributed by atoms with Crippen molar-refractivity contribution in [1.82, 2.24) is 10.0 Å². The summed E-state index contributed by atoms with van der Waals surface area (Å²) < 4.78 is 37.4. The summed E-state index contributed by atoms with van der Waals surface area (Å²) in [6.45, 7) is 2.29. The second-order valence-electron chi connectivity index (χ2n) is 7.56. The average molecular weight is 461 g/mol. The predicted octanol–water partition coefficient (Wildman–Crippen LogP) is 3.42. The van der Waals surface area contributed by atoms with Crippen LogP contribution in [-0.2, 0) is 21.2 Å². The van der Waals surface area contributed by atoms with E-state index >= 15 is 0 Å². The Balaban J connectivity index is 1.46. The highest BCUT2D eigenvalue weighted by Crippen LogP contribution is 2.20. The van der Waals surface area contributed by atoms with E-state index in [0.29, 0.717) is 18.5 Å². The maximum atomic E-state index is 12.5. The van der Waals surface area contributed by atoms with Crippen LogP contribution >= 0.6 is 0 Å². The molecule has 172 valence electrons. The zero-order valence-electron chi connectivity index (χ0n) is 18.0. The number of amides is 1. The first-order valence-corrected chi connectivity index (χ1v) is 12.2. The zero-order chi connectivity index (χ0) is 23.0. The van der Waals surface area contributed by atoms with Crippen molar-refractivity contribution in [2.75, 3.05) is 13.2 Å². The van der Waals surface area contributed by atoms with Crippen LogP contribution in [0.5, 0.6) is 5.75 Å². The number of benzene rings is 2. The van der Waals surface area contributed by atoms with Crippen LogP contribution in [0.3, 0.4) is 0 Å². The molecule has 1 aliphatic carbocycles. The summed E-state index contributed by atoms with van der Waals surface area (Å²) in [5.41, 5.74) is 1.35. The summed E-state index contributed by atoms with van der Waals surface area (Å²) in [5, 5.41) is 2.82. The molecule has 0 saturated heterocycles. The Hall–Kier alpha value is -2.91. The smallest absolute Gasteiger partial charge is 0.434 e. The number of hydrogen-bond acceptors (Lipinski definition) is 6. The van der Waals surface area contributed by atoms with E-state index in [2.05, 4.69) is 10.0 Å². The summed E-state index contributed by atoms with van der Waals surface area (Å²) >= 11 is 0. The van der Waals surface area contributed by atoms with Gasteiger partial charge in [-0.15, -0.1) is 0 Å². The molecular formula is C23H28N2O6S. The predicted molar refractivity (Wildman–Crippen MR) is 119 cm³/mol. The largest absolute Gasteiger partial charge is 0.513 e. The van der Waals surface area contributed by atoms with Gasteiger partial charge in [0.15, 0.2) is 0 Å². The fourth-order valence-corrected chi connectivity index (χ4v) is 4.81. The summed E-state index contributed by atoms with van der Waals surface area (Å²) in [6, 6.07) is 12.9. The molecular weight excluding hydrogens is 432 g/mol. The lowest BCUT2D eigenvalue weighted by Gasteiger charge is -2.13. The van der Waals surface area contributed by atoms with Gasteiger partial charge in [-0.1, -0.05) is 25.0 Å². The van der Waals surface area contributed by atoms with Crippen LogP contribution in [0.2, 0.25) is 0 Å². The Morgan fingerprint density at radius 1 is 1.00 bits per heavy atom. The van der Waals surface area contributed by atoms with E-state index in [1.165, 1.54) is 12.1 Å². The highest BCUT2D eigenvalue weighted by atomic mass is 32.2. The van der Waals surface area contributed by atoms with Crippen molar-refractivity contribution >= 4 is 22.1 Å².